The van der Waals surface area contributed by atoms with Crippen LogP contribution in [0.2, 0.25) is 0 Å². The van der Waals surface area contributed by atoms with E-state index in [-0.39, 0.29) is 0 Å². The number of benzene rings is 2. The van der Waals surface area contributed by atoms with Crippen LogP contribution in [-0.4, -0.2) is 20.7 Å². The maximum Gasteiger partial charge on any atom is 0.144 e. The van der Waals surface area contributed by atoms with Crippen LogP contribution in [0.15, 0.2) is 65.5 Å². The van der Waals surface area contributed by atoms with E-state index in [9.17, 15) is 5.11 Å². The molecule has 29 heavy (non-hydrogen) atoms. The van der Waals surface area contributed by atoms with Gasteiger partial charge in [0.2, 0.25) is 0 Å². The van der Waals surface area contributed by atoms with Gasteiger partial charge >= 0.3 is 0 Å². The molecular formula is C23H21N3OS2. The minimum Gasteiger partial charge on any atom is -0.390 e. The fraction of sp³-hybridized carbons (Fsp3) is 0.217. The minimum absolute atomic E-state index is 0.446. The van der Waals surface area contributed by atoms with E-state index in [2.05, 4.69) is 41.4 Å². The summed E-state index contributed by atoms with van der Waals surface area (Å²) >= 11 is 3.24. The van der Waals surface area contributed by atoms with E-state index in [0.717, 1.165) is 38.0 Å². The van der Waals surface area contributed by atoms with E-state index in [1.807, 2.05) is 36.0 Å². The Morgan fingerprint density at radius 2 is 1.72 bits per heavy atom. The summed E-state index contributed by atoms with van der Waals surface area (Å²) in [5.74, 6) is 0. The van der Waals surface area contributed by atoms with Gasteiger partial charge in [0.15, 0.2) is 0 Å². The van der Waals surface area contributed by atoms with Gasteiger partial charge in [-0.15, -0.1) is 22.7 Å². The predicted molar refractivity (Wildman–Crippen MR) is 120 cm³/mol. The van der Waals surface area contributed by atoms with Crippen molar-refractivity contribution in [3.63, 3.8) is 0 Å². The number of hydrogen-bond acceptors (Lipinski definition) is 6. The Balaban J connectivity index is 1.55. The molecule has 1 aliphatic rings. The van der Waals surface area contributed by atoms with Crippen LogP contribution in [0, 0.1) is 0 Å². The van der Waals surface area contributed by atoms with Gasteiger partial charge in [0.25, 0.3) is 0 Å². The normalized spacial score (nSPS) is 23.7. The highest BCUT2D eigenvalue weighted by molar-refractivity contribution is 7.19. The highest BCUT2D eigenvalue weighted by atomic mass is 32.1. The van der Waals surface area contributed by atoms with Gasteiger partial charge in [0.05, 0.1) is 21.7 Å². The second-order valence-electron chi connectivity index (χ2n) is 8.02. The summed E-state index contributed by atoms with van der Waals surface area (Å²) in [5.41, 5.74) is 12.4. The molecule has 2 aromatic carbocycles. The van der Waals surface area contributed by atoms with Crippen LogP contribution in [-0.2, 0) is 5.54 Å². The molecule has 2 heterocycles. The number of nitrogens with zero attached hydrogens (tertiary/aromatic N) is 2. The van der Waals surface area contributed by atoms with Crippen molar-refractivity contribution in [2.24, 2.45) is 5.73 Å². The first kappa shape index (κ1) is 18.6. The van der Waals surface area contributed by atoms with E-state index in [1.54, 1.807) is 22.7 Å². The highest BCUT2D eigenvalue weighted by Crippen LogP contribution is 2.47. The molecule has 3 N–H and O–H groups in total. The Bertz CT molecular complexity index is 1120. The van der Waals surface area contributed by atoms with Crippen molar-refractivity contribution < 1.29 is 5.11 Å². The number of aliphatic hydroxyl groups is 1. The number of thiazole rings is 2. The van der Waals surface area contributed by atoms with Crippen molar-refractivity contribution >= 4 is 22.7 Å². The third kappa shape index (κ3) is 3.42. The van der Waals surface area contributed by atoms with Crippen LogP contribution in [0.25, 0.3) is 32.4 Å². The standard InChI is InChI=1S/C23H21N3OS2/c1-22(27)12-23(24,13-22)17-9-7-15(8-10-17)19-20(16-5-3-2-4-6-16)29-21(26-19)18-11-28-14-25-18/h2-11,14,27H,12-13,24H2,1H3/t22-,23-. The number of hydrogen-bond donors (Lipinski definition) is 2. The zero-order chi connectivity index (χ0) is 20.1. The van der Waals surface area contributed by atoms with Crippen LogP contribution in [0.4, 0.5) is 0 Å². The van der Waals surface area contributed by atoms with Gasteiger partial charge in [-0.3, -0.25) is 0 Å². The molecule has 4 nitrogen and oxygen atoms in total. The minimum atomic E-state index is -0.661. The summed E-state index contributed by atoms with van der Waals surface area (Å²) in [5, 5.41) is 13.1. The summed E-state index contributed by atoms with van der Waals surface area (Å²) in [7, 11) is 0. The first-order valence-corrected chi connectivity index (χ1v) is 11.3. The molecule has 0 saturated heterocycles. The lowest BCUT2D eigenvalue weighted by molar-refractivity contribution is -0.0738. The molecular weight excluding hydrogens is 398 g/mol. The lowest BCUT2D eigenvalue weighted by Crippen LogP contribution is -2.58. The van der Waals surface area contributed by atoms with E-state index >= 15 is 0 Å². The molecule has 0 radical (unpaired) electrons. The maximum absolute atomic E-state index is 10.1. The summed E-state index contributed by atoms with van der Waals surface area (Å²) in [4.78, 5) is 10.5. The smallest absolute Gasteiger partial charge is 0.144 e. The molecule has 0 spiro atoms. The molecule has 0 unspecified atom stereocenters. The Kier molecular flexibility index (Phi) is 4.40. The average molecular weight is 420 g/mol. The lowest BCUT2D eigenvalue weighted by atomic mass is 9.63. The van der Waals surface area contributed by atoms with Crippen molar-refractivity contribution in [2.45, 2.75) is 30.9 Å². The van der Waals surface area contributed by atoms with Crippen LogP contribution < -0.4 is 5.73 Å². The summed E-state index contributed by atoms with van der Waals surface area (Å²) < 4.78 is 0. The van der Waals surface area contributed by atoms with Gasteiger partial charge in [-0.25, -0.2) is 9.97 Å². The van der Waals surface area contributed by atoms with Crippen LogP contribution in [0.1, 0.15) is 25.3 Å². The van der Waals surface area contributed by atoms with Gasteiger partial charge in [-0.05, 0) is 30.9 Å². The molecule has 1 aliphatic carbocycles. The number of nitrogens with two attached hydrogens (primary N) is 1. The molecule has 1 saturated carbocycles. The summed E-state index contributed by atoms with van der Waals surface area (Å²) in [6, 6.07) is 18.7. The summed E-state index contributed by atoms with van der Waals surface area (Å²) in [6.45, 7) is 1.84. The molecule has 2 aromatic heterocycles. The molecule has 0 atom stereocenters. The molecule has 0 amide bonds. The molecule has 0 aliphatic heterocycles. The predicted octanol–water partition coefficient (Wildman–Crippen LogP) is 5.30. The third-order valence-corrected chi connectivity index (χ3v) is 7.15. The van der Waals surface area contributed by atoms with E-state index in [1.165, 1.54) is 0 Å². The zero-order valence-corrected chi connectivity index (χ0v) is 17.6. The Hall–Kier alpha value is -2.38. The van der Waals surface area contributed by atoms with Gasteiger partial charge in [-0.2, -0.15) is 0 Å². The number of rotatable bonds is 4. The molecule has 0 bridgehead atoms. The fourth-order valence-corrected chi connectivity index (χ4v) is 5.87. The van der Waals surface area contributed by atoms with Gasteiger partial charge in [0, 0.05) is 16.5 Å². The maximum atomic E-state index is 10.1. The number of aromatic nitrogens is 2. The van der Waals surface area contributed by atoms with Crippen LogP contribution in [0.3, 0.4) is 0 Å². The molecule has 5 rings (SSSR count). The largest absolute Gasteiger partial charge is 0.390 e. The topological polar surface area (TPSA) is 72.0 Å². The molecule has 146 valence electrons. The Labute approximate surface area is 177 Å². The highest BCUT2D eigenvalue weighted by Gasteiger charge is 2.49. The van der Waals surface area contributed by atoms with Crippen LogP contribution in [0.5, 0.6) is 0 Å². The Morgan fingerprint density at radius 3 is 2.34 bits per heavy atom. The van der Waals surface area contributed by atoms with E-state index in [0.29, 0.717) is 12.8 Å². The molecule has 4 aromatic rings. The van der Waals surface area contributed by atoms with Gasteiger partial charge < -0.3 is 10.8 Å². The van der Waals surface area contributed by atoms with Crippen molar-refractivity contribution in [3.05, 3.63) is 71.1 Å². The lowest BCUT2D eigenvalue weighted by Gasteiger charge is -2.49. The molecule has 6 heteroatoms. The third-order valence-electron chi connectivity index (χ3n) is 5.44. The van der Waals surface area contributed by atoms with Gasteiger partial charge in [-0.1, -0.05) is 54.6 Å². The average Bonchev–Trinajstić information content (AvgIpc) is 3.37. The SMILES string of the molecule is C[C@]1(O)C[C@@](N)(c2ccc(-c3nc(-c4cscn4)sc3-c3ccccc3)cc2)C1. The first-order chi connectivity index (χ1) is 13.9. The van der Waals surface area contributed by atoms with Crippen molar-refractivity contribution in [2.75, 3.05) is 0 Å². The van der Waals surface area contributed by atoms with Crippen molar-refractivity contribution in [1.29, 1.82) is 0 Å². The van der Waals surface area contributed by atoms with E-state index < -0.39 is 11.1 Å². The summed E-state index contributed by atoms with van der Waals surface area (Å²) in [6.07, 6.45) is 1.17. The zero-order valence-electron chi connectivity index (χ0n) is 16.0. The Morgan fingerprint density at radius 1 is 1.00 bits per heavy atom. The van der Waals surface area contributed by atoms with Gasteiger partial charge in [0.1, 0.15) is 10.7 Å². The second-order valence-corrected chi connectivity index (χ2v) is 9.74. The van der Waals surface area contributed by atoms with Crippen molar-refractivity contribution in [1.82, 2.24) is 9.97 Å². The first-order valence-electron chi connectivity index (χ1n) is 9.51. The quantitative estimate of drug-likeness (QED) is 0.471. The monoisotopic (exact) mass is 419 g/mol. The second kappa shape index (κ2) is 6.85. The molecule has 1 fully saturated rings. The fourth-order valence-electron chi connectivity index (χ4n) is 4.20. The van der Waals surface area contributed by atoms with Crippen molar-refractivity contribution in [3.8, 4) is 32.4 Å². The van der Waals surface area contributed by atoms with E-state index in [4.69, 9.17) is 10.7 Å². The van der Waals surface area contributed by atoms with Crippen LogP contribution >= 0.6 is 22.7 Å².